The lowest BCUT2D eigenvalue weighted by Crippen LogP contribution is -1.99. The summed E-state index contributed by atoms with van der Waals surface area (Å²) in [5.41, 5.74) is 0. The van der Waals surface area contributed by atoms with Crippen LogP contribution < -0.4 is 0 Å². The van der Waals surface area contributed by atoms with Crippen LogP contribution in [0.5, 0.6) is 0 Å². The predicted molar refractivity (Wildman–Crippen MR) is 60.8 cm³/mol. The minimum absolute atomic E-state index is 0.187. The van der Waals surface area contributed by atoms with E-state index in [1.165, 1.54) is 0 Å². The van der Waals surface area contributed by atoms with E-state index in [1.807, 2.05) is 6.92 Å². The summed E-state index contributed by atoms with van der Waals surface area (Å²) >= 11 is 0. The van der Waals surface area contributed by atoms with Gasteiger partial charge >= 0.3 is 7.82 Å². The summed E-state index contributed by atoms with van der Waals surface area (Å²) in [6, 6.07) is 0. The van der Waals surface area contributed by atoms with Gasteiger partial charge in [-0.3, -0.25) is 9.05 Å². The topological polar surface area (TPSA) is 44.8 Å². The van der Waals surface area contributed by atoms with Gasteiger partial charge in [-0.1, -0.05) is 44.3 Å². The van der Waals surface area contributed by atoms with E-state index in [9.17, 15) is 9.09 Å². The molecule has 0 amide bonds. The zero-order valence-electron chi connectivity index (χ0n) is 10.1. The van der Waals surface area contributed by atoms with Crippen LogP contribution in [0.3, 0.4) is 0 Å². The Labute approximate surface area is 97.0 Å². The second-order valence-corrected chi connectivity index (χ2v) is 5.15. The molecule has 6 heteroatoms. The normalized spacial score (nSPS) is 14.9. The summed E-state index contributed by atoms with van der Waals surface area (Å²) in [6.07, 6.45) is 5.47. The van der Waals surface area contributed by atoms with Gasteiger partial charge < -0.3 is 0 Å². The van der Waals surface area contributed by atoms with Crippen molar-refractivity contribution in [3.05, 3.63) is 0 Å². The number of hydrogen-bond donors (Lipinski definition) is 0. The van der Waals surface area contributed by atoms with Crippen LogP contribution in [0.25, 0.3) is 0 Å². The molecule has 1 unspecified atom stereocenters. The van der Waals surface area contributed by atoms with Crippen LogP contribution in [-0.2, 0) is 18.3 Å². The third-order valence-electron chi connectivity index (χ3n) is 2.08. The molecular weight excluding hydrogens is 234 g/mol. The molecule has 0 aliphatic heterocycles. The molecule has 0 aliphatic carbocycles. The van der Waals surface area contributed by atoms with Crippen LogP contribution in [0.15, 0.2) is 0 Å². The van der Waals surface area contributed by atoms with Crippen molar-refractivity contribution in [1.82, 2.24) is 0 Å². The third-order valence-corrected chi connectivity index (χ3v) is 3.25. The van der Waals surface area contributed by atoms with Gasteiger partial charge in [0.15, 0.2) is 0 Å². The Morgan fingerprint density at radius 1 is 0.938 bits per heavy atom. The number of phosphoric ester groups is 1. The van der Waals surface area contributed by atoms with E-state index in [4.69, 9.17) is 9.05 Å². The van der Waals surface area contributed by atoms with Gasteiger partial charge in [0.05, 0.1) is 13.2 Å². The summed E-state index contributed by atoms with van der Waals surface area (Å²) in [7, 11) is -3.95. The first-order valence-electron chi connectivity index (χ1n) is 5.88. The van der Waals surface area contributed by atoms with Gasteiger partial charge in [-0.25, -0.2) is 4.57 Å². The van der Waals surface area contributed by atoms with E-state index in [-0.39, 0.29) is 13.2 Å². The highest BCUT2D eigenvalue weighted by Crippen LogP contribution is 2.50. The van der Waals surface area contributed by atoms with E-state index in [0.717, 1.165) is 32.1 Å². The molecule has 0 fully saturated rings. The molecule has 0 heterocycles. The molecule has 0 aromatic carbocycles. The summed E-state index contributed by atoms with van der Waals surface area (Å²) < 4.78 is 36.4. The van der Waals surface area contributed by atoms with Crippen molar-refractivity contribution in [2.24, 2.45) is 0 Å². The van der Waals surface area contributed by atoms with Gasteiger partial charge in [0.25, 0.3) is 0 Å². The highest BCUT2D eigenvalue weighted by Gasteiger charge is 2.27. The second kappa shape index (κ2) is 10.2. The number of phosphoric acid groups is 1. The van der Waals surface area contributed by atoms with E-state index in [1.54, 1.807) is 0 Å². The fourth-order valence-corrected chi connectivity index (χ4v) is 1.96. The molecule has 0 spiro atoms. The molecule has 0 aliphatic rings. The first-order chi connectivity index (χ1) is 7.68. The highest BCUT2D eigenvalue weighted by atomic mass is 31.2. The van der Waals surface area contributed by atoms with Crippen LogP contribution in [0.4, 0.5) is 4.53 Å². The molecule has 0 saturated carbocycles. The van der Waals surface area contributed by atoms with E-state index in [2.05, 4.69) is 11.7 Å². The standard InChI is InChI=1S/C10H22FO4P/c1-3-5-7-8-10-14-16(12,15-11)13-9-6-4-2/h3-10H2,1-2H3. The average Bonchev–Trinajstić information content (AvgIpc) is 2.29. The minimum atomic E-state index is -3.95. The molecular formula is C10H22FO4P. The summed E-state index contributed by atoms with van der Waals surface area (Å²) in [5.74, 6) is 0. The highest BCUT2D eigenvalue weighted by molar-refractivity contribution is 7.48. The molecule has 0 aromatic rings. The van der Waals surface area contributed by atoms with E-state index in [0.29, 0.717) is 6.42 Å². The van der Waals surface area contributed by atoms with Crippen molar-refractivity contribution >= 4 is 7.82 Å². The fourth-order valence-electron chi connectivity index (χ4n) is 1.10. The zero-order valence-corrected chi connectivity index (χ0v) is 11.0. The number of halogens is 1. The first-order valence-corrected chi connectivity index (χ1v) is 7.34. The Bertz CT molecular complexity index is 201. The SMILES string of the molecule is CCCCCCOP(=O)(OF)OCCCC. The summed E-state index contributed by atoms with van der Waals surface area (Å²) in [5, 5.41) is 0. The molecule has 4 nitrogen and oxygen atoms in total. The van der Waals surface area contributed by atoms with Crippen molar-refractivity contribution < 1.29 is 22.9 Å². The average molecular weight is 256 g/mol. The van der Waals surface area contributed by atoms with Gasteiger partial charge in [-0.05, 0) is 17.4 Å². The lowest BCUT2D eigenvalue weighted by Gasteiger charge is -2.12. The van der Waals surface area contributed by atoms with Crippen molar-refractivity contribution in [3.8, 4) is 0 Å². The molecule has 0 aromatic heterocycles. The monoisotopic (exact) mass is 256 g/mol. The molecule has 1 atom stereocenters. The van der Waals surface area contributed by atoms with E-state index >= 15 is 0 Å². The Kier molecular flexibility index (Phi) is 10.2. The van der Waals surface area contributed by atoms with Crippen LogP contribution in [-0.4, -0.2) is 13.2 Å². The Balaban J connectivity index is 3.66. The van der Waals surface area contributed by atoms with E-state index < -0.39 is 7.82 Å². The minimum Gasteiger partial charge on any atom is -0.285 e. The van der Waals surface area contributed by atoms with Crippen LogP contribution in [0, 0.1) is 0 Å². The molecule has 0 N–H and O–H groups in total. The molecule has 0 radical (unpaired) electrons. The largest absolute Gasteiger partial charge is 0.506 e. The Morgan fingerprint density at radius 2 is 1.50 bits per heavy atom. The summed E-state index contributed by atoms with van der Waals surface area (Å²) in [6.45, 7) is 4.43. The zero-order chi connectivity index (χ0) is 12.3. The molecule has 16 heavy (non-hydrogen) atoms. The molecule has 0 rings (SSSR count). The van der Waals surface area contributed by atoms with Gasteiger partial charge in [-0.15, -0.1) is 0 Å². The van der Waals surface area contributed by atoms with Crippen LogP contribution >= 0.6 is 7.82 Å². The Morgan fingerprint density at radius 3 is 2.00 bits per heavy atom. The number of unbranched alkanes of at least 4 members (excludes halogenated alkanes) is 4. The van der Waals surface area contributed by atoms with Crippen molar-refractivity contribution in [2.75, 3.05) is 13.2 Å². The van der Waals surface area contributed by atoms with Crippen molar-refractivity contribution in [2.45, 2.75) is 52.4 Å². The maximum absolute atomic E-state index is 12.0. The van der Waals surface area contributed by atoms with Crippen LogP contribution in [0.2, 0.25) is 0 Å². The van der Waals surface area contributed by atoms with Gasteiger partial charge in [0.2, 0.25) is 0 Å². The molecule has 98 valence electrons. The van der Waals surface area contributed by atoms with Gasteiger partial charge in [-0.2, -0.15) is 0 Å². The summed E-state index contributed by atoms with van der Waals surface area (Å²) in [4.78, 5) is 0. The second-order valence-electron chi connectivity index (χ2n) is 3.60. The number of rotatable bonds is 11. The van der Waals surface area contributed by atoms with Crippen molar-refractivity contribution in [3.63, 3.8) is 0 Å². The van der Waals surface area contributed by atoms with Crippen LogP contribution in [0.1, 0.15) is 52.4 Å². The molecule has 0 bridgehead atoms. The maximum Gasteiger partial charge on any atom is 0.506 e. The maximum atomic E-state index is 12.0. The quantitative estimate of drug-likeness (QED) is 0.405. The van der Waals surface area contributed by atoms with Crippen molar-refractivity contribution in [1.29, 1.82) is 0 Å². The van der Waals surface area contributed by atoms with Gasteiger partial charge in [0, 0.05) is 0 Å². The predicted octanol–water partition coefficient (Wildman–Crippen LogP) is 4.41. The Hall–Kier alpha value is 0.0400. The lowest BCUT2D eigenvalue weighted by atomic mass is 10.2. The van der Waals surface area contributed by atoms with Gasteiger partial charge in [0.1, 0.15) is 0 Å². The fraction of sp³-hybridized carbons (Fsp3) is 1.00. The smallest absolute Gasteiger partial charge is 0.285 e. The molecule has 0 saturated heterocycles. The number of hydrogen-bond acceptors (Lipinski definition) is 4. The first kappa shape index (κ1) is 16.0. The lowest BCUT2D eigenvalue weighted by molar-refractivity contribution is -0.0573. The third kappa shape index (κ3) is 8.22.